The van der Waals surface area contributed by atoms with Crippen LogP contribution >= 0.6 is 11.6 Å². The van der Waals surface area contributed by atoms with Crippen molar-refractivity contribution in [1.82, 2.24) is 30.3 Å². The molecule has 0 bridgehead atoms. The summed E-state index contributed by atoms with van der Waals surface area (Å²) in [5.74, 6) is -0.848. The highest BCUT2D eigenvalue weighted by atomic mass is 35.5. The van der Waals surface area contributed by atoms with Crippen LogP contribution in [0.15, 0.2) is 67.4 Å². The third-order valence-electron chi connectivity index (χ3n) is 7.01. The number of nitrogens with zero attached hydrogens (tertiary/aromatic N) is 6. The number of halogens is 3. The second-order valence-electron chi connectivity index (χ2n) is 9.75. The Bertz CT molecular complexity index is 1710. The predicted octanol–water partition coefficient (Wildman–Crippen LogP) is 5.51. The number of aromatic amines is 1. The van der Waals surface area contributed by atoms with E-state index in [1.54, 1.807) is 29.1 Å². The predicted molar refractivity (Wildman–Crippen MR) is 145 cm³/mol. The number of methoxy groups -OCH3 is 1. The molecule has 3 aromatic heterocycles. The van der Waals surface area contributed by atoms with Crippen LogP contribution < -0.4 is 10.00 Å². The number of hydrogen-bond donors (Lipinski definition) is 2. The fourth-order valence-corrected chi connectivity index (χ4v) is 4.88. The van der Waals surface area contributed by atoms with E-state index < -0.39 is 23.8 Å². The SMILES string of the molecule is COC(=O)Nc1ccc(-c2cnn(C(CC3CC3)c3ncc(-c4c(-[n+]5cnn[nH]5)ccc(Cl)c4F)cc3F)c2)cc1. The minimum absolute atomic E-state index is 0.0664. The number of H-pyrrole nitrogens is 1. The lowest BCUT2D eigenvalue weighted by molar-refractivity contribution is -0.659. The summed E-state index contributed by atoms with van der Waals surface area (Å²) in [7, 11) is 1.30. The molecule has 1 fully saturated rings. The van der Waals surface area contributed by atoms with Gasteiger partial charge in [0.05, 0.1) is 29.9 Å². The summed E-state index contributed by atoms with van der Waals surface area (Å²) in [5.41, 5.74) is 3.14. The van der Waals surface area contributed by atoms with Gasteiger partial charge in [-0.3, -0.25) is 15.0 Å². The Kier molecular flexibility index (Phi) is 7.14. The van der Waals surface area contributed by atoms with Crippen LogP contribution in [0.5, 0.6) is 0 Å². The normalized spacial score (nSPS) is 13.7. The molecule has 208 valence electrons. The molecule has 0 aliphatic heterocycles. The van der Waals surface area contributed by atoms with Crippen LogP contribution in [0.25, 0.3) is 27.9 Å². The van der Waals surface area contributed by atoms with Crippen LogP contribution in [0.4, 0.5) is 19.3 Å². The van der Waals surface area contributed by atoms with Crippen molar-refractivity contribution >= 4 is 23.4 Å². The molecule has 1 saturated carbocycles. The van der Waals surface area contributed by atoms with E-state index in [4.69, 9.17) is 11.6 Å². The molecule has 1 aliphatic carbocycles. The van der Waals surface area contributed by atoms with Gasteiger partial charge in [0.2, 0.25) is 0 Å². The van der Waals surface area contributed by atoms with Crippen LogP contribution in [-0.2, 0) is 4.74 Å². The van der Waals surface area contributed by atoms with Crippen LogP contribution in [0, 0.1) is 17.6 Å². The number of aromatic nitrogens is 7. The first-order valence-corrected chi connectivity index (χ1v) is 13.2. The van der Waals surface area contributed by atoms with Gasteiger partial charge in [-0.2, -0.15) is 5.10 Å². The van der Waals surface area contributed by atoms with E-state index in [2.05, 4.69) is 35.7 Å². The van der Waals surface area contributed by atoms with Gasteiger partial charge in [-0.05, 0) is 48.2 Å². The Labute approximate surface area is 237 Å². The van der Waals surface area contributed by atoms with Crippen molar-refractivity contribution < 1.29 is 23.0 Å². The number of carbonyl (C=O) groups excluding carboxylic acids is 1. The average Bonchev–Trinajstić information content (AvgIpc) is 3.41. The van der Waals surface area contributed by atoms with E-state index in [9.17, 15) is 4.79 Å². The maximum Gasteiger partial charge on any atom is 0.411 e. The van der Waals surface area contributed by atoms with Gasteiger partial charge in [-0.15, -0.1) is 4.68 Å². The summed E-state index contributed by atoms with van der Waals surface area (Å²) in [6.45, 7) is 0. The average molecular weight is 578 g/mol. The Morgan fingerprint density at radius 1 is 1.17 bits per heavy atom. The maximum atomic E-state index is 15.8. The summed E-state index contributed by atoms with van der Waals surface area (Å²) in [5, 5.41) is 17.1. The number of pyridine rings is 1. The number of rotatable bonds is 8. The van der Waals surface area contributed by atoms with Gasteiger partial charge >= 0.3 is 6.09 Å². The van der Waals surface area contributed by atoms with Crippen LogP contribution in [-0.4, -0.2) is 43.5 Å². The Hall–Kier alpha value is -4.71. The first-order chi connectivity index (χ1) is 19.9. The Balaban J connectivity index is 1.33. The Morgan fingerprint density at radius 3 is 2.66 bits per heavy atom. The summed E-state index contributed by atoms with van der Waals surface area (Å²) < 4.78 is 38.8. The summed E-state index contributed by atoms with van der Waals surface area (Å²) in [4.78, 5) is 15.9. The van der Waals surface area contributed by atoms with Gasteiger partial charge in [0.15, 0.2) is 11.0 Å². The lowest BCUT2D eigenvalue weighted by atomic mass is 10.0. The minimum Gasteiger partial charge on any atom is -0.453 e. The second kappa shape index (κ2) is 11.0. The molecule has 5 aromatic rings. The highest BCUT2D eigenvalue weighted by molar-refractivity contribution is 6.31. The molecular formula is C28H24ClF2N8O2+. The largest absolute Gasteiger partial charge is 0.453 e. The summed E-state index contributed by atoms with van der Waals surface area (Å²) >= 11 is 6.08. The highest BCUT2D eigenvalue weighted by Crippen LogP contribution is 2.40. The summed E-state index contributed by atoms with van der Waals surface area (Å²) in [6, 6.07) is 11.0. The number of ether oxygens (including phenoxy) is 1. The van der Waals surface area contributed by atoms with Gasteiger partial charge in [0.25, 0.3) is 6.33 Å². The van der Waals surface area contributed by atoms with E-state index in [1.165, 1.54) is 36.4 Å². The number of tetrazole rings is 1. The Morgan fingerprint density at radius 2 is 1.98 bits per heavy atom. The molecule has 6 rings (SSSR count). The fraction of sp³-hybridized carbons (Fsp3) is 0.214. The molecule has 1 amide bonds. The molecule has 2 N–H and O–H groups in total. The van der Waals surface area contributed by atoms with Gasteiger partial charge in [-0.25, -0.2) is 13.6 Å². The van der Waals surface area contributed by atoms with E-state index in [0.717, 1.165) is 24.0 Å². The lowest BCUT2D eigenvalue weighted by Gasteiger charge is -2.18. The molecule has 0 saturated heterocycles. The minimum atomic E-state index is -0.709. The van der Waals surface area contributed by atoms with Gasteiger partial charge in [0.1, 0.15) is 22.3 Å². The van der Waals surface area contributed by atoms with E-state index >= 15 is 8.78 Å². The number of hydrogen-bond acceptors (Lipinski definition) is 6. The monoisotopic (exact) mass is 577 g/mol. The number of amides is 1. The van der Waals surface area contributed by atoms with Gasteiger partial charge in [0, 0.05) is 29.2 Å². The van der Waals surface area contributed by atoms with Crippen molar-refractivity contribution in [1.29, 1.82) is 0 Å². The quantitative estimate of drug-likeness (QED) is 0.235. The zero-order chi connectivity index (χ0) is 28.5. The van der Waals surface area contributed by atoms with E-state index in [0.29, 0.717) is 23.7 Å². The molecule has 0 spiro atoms. The molecule has 41 heavy (non-hydrogen) atoms. The van der Waals surface area contributed by atoms with Crippen LogP contribution in [0.2, 0.25) is 5.02 Å². The van der Waals surface area contributed by atoms with Gasteiger partial charge in [-0.1, -0.05) is 41.8 Å². The molecule has 0 radical (unpaired) electrons. The third-order valence-corrected chi connectivity index (χ3v) is 7.30. The number of benzene rings is 2. The number of carbonyl (C=O) groups is 1. The highest BCUT2D eigenvalue weighted by Gasteiger charge is 2.31. The third kappa shape index (κ3) is 5.50. The van der Waals surface area contributed by atoms with Crippen molar-refractivity contribution in [2.75, 3.05) is 12.4 Å². The maximum absolute atomic E-state index is 15.8. The van der Waals surface area contributed by atoms with Crippen LogP contribution in [0.1, 0.15) is 31.0 Å². The van der Waals surface area contributed by atoms with Crippen LogP contribution in [0.3, 0.4) is 0 Å². The number of nitrogens with one attached hydrogen (secondary N) is 2. The topological polar surface area (TPSA) is 114 Å². The van der Waals surface area contributed by atoms with Crippen molar-refractivity contribution in [3.05, 3.63) is 89.7 Å². The molecule has 1 aliphatic rings. The lowest BCUT2D eigenvalue weighted by Crippen LogP contribution is -2.33. The summed E-state index contributed by atoms with van der Waals surface area (Å²) in [6.07, 6.45) is 8.60. The van der Waals surface area contributed by atoms with Crippen molar-refractivity contribution in [2.24, 2.45) is 5.92 Å². The smallest absolute Gasteiger partial charge is 0.411 e. The molecule has 1 unspecified atom stereocenters. The molecule has 3 heterocycles. The molecular weight excluding hydrogens is 554 g/mol. The molecule has 10 nitrogen and oxygen atoms in total. The fourth-order valence-electron chi connectivity index (χ4n) is 4.73. The van der Waals surface area contributed by atoms with Gasteiger partial charge < -0.3 is 4.74 Å². The molecule has 13 heteroatoms. The van der Waals surface area contributed by atoms with Crippen molar-refractivity contribution in [3.8, 4) is 27.9 Å². The standard InChI is InChI=1S/C28H23ClF2N8O2/c1-41-28(40)35-20-6-4-17(5-7-20)19-13-34-38(14-19)24(10-16-2-3-16)27-22(30)11-18(12-32-27)25-23(39-15-33-36-37-39)9-8-21(29)26(25)31/h4-9,11-16,24H,2-3,10H2,1H3,(H,35,40)/p+1. The van der Waals surface area contributed by atoms with Crippen molar-refractivity contribution in [3.63, 3.8) is 0 Å². The van der Waals surface area contributed by atoms with Crippen molar-refractivity contribution in [2.45, 2.75) is 25.3 Å². The zero-order valence-electron chi connectivity index (χ0n) is 21.8. The number of anilines is 1. The first-order valence-electron chi connectivity index (χ1n) is 12.8. The molecule has 1 atom stereocenters. The second-order valence-corrected chi connectivity index (χ2v) is 10.2. The first kappa shape index (κ1) is 26.5. The van der Waals surface area contributed by atoms with E-state index in [1.807, 2.05) is 18.3 Å². The van der Waals surface area contributed by atoms with E-state index in [-0.39, 0.29) is 21.8 Å². The molecule has 2 aromatic carbocycles. The zero-order valence-corrected chi connectivity index (χ0v) is 22.5.